The summed E-state index contributed by atoms with van der Waals surface area (Å²) in [5.74, 6) is 0. The summed E-state index contributed by atoms with van der Waals surface area (Å²) in [7, 11) is 0. The molecule has 0 aliphatic rings. The Hall–Kier alpha value is -2.55. The molecule has 0 fully saturated rings. The summed E-state index contributed by atoms with van der Waals surface area (Å²) < 4.78 is 5.33. The number of aryl methyl sites for hydroxylation is 1. The minimum absolute atomic E-state index is 0.0368. The zero-order valence-electron chi connectivity index (χ0n) is 11.8. The summed E-state index contributed by atoms with van der Waals surface area (Å²) in [6.45, 7) is 1.71. The van der Waals surface area contributed by atoms with Gasteiger partial charge < -0.3 is 9.40 Å². The van der Waals surface area contributed by atoms with Crippen LogP contribution in [0.4, 0.5) is 0 Å². The van der Waals surface area contributed by atoms with Crippen molar-refractivity contribution < 1.29 is 4.42 Å². The van der Waals surface area contributed by atoms with Crippen molar-refractivity contribution >= 4 is 34.2 Å². The molecule has 0 amide bonds. The fourth-order valence-electron chi connectivity index (χ4n) is 2.42. The van der Waals surface area contributed by atoms with Gasteiger partial charge in [-0.2, -0.15) is 5.26 Å². The predicted molar refractivity (Wildman–Crippen MR) is 87.6 cm³/mol. The van der Waals surface area contributed by atoms with Gasteiger partial charge in [-0.15, -0.1) is 0 Å². The molecule has 1 aromatic carbocycles. The van der Waals surface area contributed by atoms with Crippen molar-refractivity contribution in [2.24, 2.45) is 0 Å². The summed E-state index contributed by atoms with van der Waals surface area (Å²) in [6.07, 6.45) is 0. The zero-order valence-corrected chi connectivity index (χ0v) is 13.3. The number of halogens is 2. The van der Waals surface area contributed by atoms with E-state index in [2.05, 4.69) is 4.98 Å². The molecule has 23 heavy (non-hydrogen) atoms. The molecule has 0 bridgehead atoms. The highest BCUT2D eigenvalue weighted by molar-refractivity contribution is 6.42. The Morgan fingerprint density at radius 2 is 2.00 bits per heavy atom. The Balaban J connectivity index is 2.56. The van der Waals surface area contributed by atoms with E-state index in [4.69, 9.17) is 33.0 Å². The highest BCUT2D eigenvalue weighted by atomic mass is 35.5. The average molecular weight is 346 g/mol. The zero-order chi connectivity index (χ0) is 16.7. The number of fused-ring (bicyclic) bond motifs is 1. The number of benzene rings is 1. The standard InChI is InChI=1S/C16H9Cl2N3O2/c1-7-4-12-14(16(22)21-7)13(9(6-19)15(20)23-12)8-2-3-10(17)11(18)5-8/h2-5,20H,1H3,(H,21,22). The van der Waals surface area contributed by atoms with E-state index in [1.165, 1.54) is 0 Å². The number of H-pyrrole nitrogens is 1. The van der Waals surface area contributed by atoms with Crippen molar-refractivity contribution in [3.8, 4) is 17.2 Å². The largest absolute Gasteiger partial charge is 0.437 e. The molecule has 0 saturated carbocycles. The first kappa shape index (κ1) is 15.3. The van der Waals surface area contributed by atoms with Gasteiger partial charge in [0.25, 0.3) is 5.56 Å². The molecule has 3 rings (SSSR count). The van der Waals surface area contributed by atoms with Crippen molar-refractivity contribution in [2.45, 2.75) is 6.92 Å². The van der Waals surface area contributed by atoms with Gasteiger partial charge in [0.1, 0.15) is 17.2 Å². The fourth-order valence-corrected chi connectivity index (χ4v) is 2.72. The van der Waals surface area contributed by atoms with Gasteiger partial charge in [-0.1, -0.05) is 29.3 Å². The second-order valence-electron chi connectivity index (χ2n) is 4.94. The summed E-state index contributed by atoms with van der Waals surface area (Å²) in [6, 6.07) is 8.30. The molecule has 2 heterocycles. The van der Waals surface area contributed by atoms with Crippen LogP contribution in [0.3, 0.4) is 0 Å². The molecular weight excluding hydrogens is 337 g/mol. The van der Waals surface area contributed by atoms with Crippen LogP contribution in [-0.2, 0) is 0 Å². The van der Waals surface area contributed by atoms with Gasteiger partial charge >= 0.3 is 0 Å². The molecule has 0 aliphatic carbocycles. The van der Waals surface area contributed by atoms with E-state index < -0.39 is 5.56 Å². The first-order chi connectivity index (χ1) is 10.9. The predicted octanol–water partition coefficient (Wildman–Crippen LogP) is 3.75. The lowest BCUT2D eigenvalue weighted by Gasteiger charge is -2.09. The maximum Gasteiger partial charge on any atom is 0.259 e. The van der Waals surface area contributed by atoms with Gasteiger partial charge in [0, 0.05) is 17.3 Å². The molecule has 2 N–H and O–H groups in total. The van der Waals surface area contributed by atoms with Crippen LogP contribution in [0.25, 0.3) is 22.1 Å². The summed E-state index contributed by atoms with van der Waals surface area (Å²) >= 11 is 12.0. The minimum atomic E-state index is -0.402. The van der Waals surface area contributed by atoms with Crippen LogP contribution >= 0.6 is 23.2 Å². The normalized spacial score (nSPS) is 10.7. The molecular formula is C16H9Cl2N3O2. The third-order valence-electron chi connectivity index (χ3n) is 3.39. The lowest BCUT2D eigenvalue weighted by molar-refractivity contribution is 0.530. The Labute approximate surface area is 140 Å². The van der Waals surface area contributed by atoms with Gasteiger partial charge in [-0.05, 0) is 24.6 Å². The number of nitrogens with one attached hydrogen (secondary N) is 2. The van der Waals surface area contributed by atoms with E-state index in [0.717, 1.165) is 0 Å². The van der Waals surface area contributed by atoms with E-state index in [1.807, 2.05) is 6.07 Å². The molecule has 0 radical (unpaired) electrons. The second kappa shape index (κ2) is 5.58. The van der Waals surface area contributed by atoms with Crippen molar-refractivity contribution in [3.05, 3.63) is 61.5 Å². The molecule has 0 saturated heterocycles. The van der Waals surface area contributed by atoms with Gasteiger partial charge in [-0.25, -0.2) is 0 Å². The van der Waals surface area contributed by atoms with Gasteiger partial charge in [0.05, 0.1) is 15.4 Å². The number of rotatable bonds is 1. The van der Waals surface area contributed by atoms with E-state index in [0.29, 0.717) is 21.8 Å². The Bertz CT molecular complexity index is 1110. The van der Waals surface area contributed by atoms with Crippen molar-refractivity contribution in [1.82, 2.24) is 4.98 Å². The Kier molecular flexibility index (Phi) is 3.72. The molecule has 0 atom stereocenters. The number of aromatic nitrogens is 1. The SMILES string of the molecule is Cc1cc2oc(=N)c(C#N)c(-c3ccc(Cl)c(Cl)c3)c2c(=O)[nH]1. The van der Waals surface area contributed by atoms with Gasteiger partial charge in [-0.3, -0.25) is 10.2 Å². The van der Waals surface area contributed by atoms with E-state index in [9.17, 15) is 10.1 Å². The van der Waals surface area contributed by atoms with Crippen LogP contribution in [0, 0.1) is 23.7 Å². The molecule has 2 aromatic heterocycles. The Morgan fingerprint density at radius 1 is 1.26 bits per heavy atom. The highest BCUT2D eigenvalue weighted by Gasteiger charge is 2.18. The molecule has 0 unspecified atom stereocenters. The molecule has 0 aliphatic heterocycles. The molecule has 7 heteroatoms. The smallest absolute Gasteiger partial charge is 0.259 e. The molecule has 0 spiro atoms. The van der Waals surface area contributed by atoms with Crippen LogP contribution < -0.4 is 11.1 Å². The number of hydrogen-bond acceptors (Lipinski definition) is 4. The highest BCUT2D eigenvalue weighted by Crippen LogP contribution is 2.32. The fraction of sp³-hybridized carbons (Fsp3) is 0.0625. The van der Waals surface area contributed by atoms with E-state index in [-0.39, 0.29) is 27.1 Å². The van der Waals surface area contributed by atoms with Crippen LogP contribution in [0.1, 0.15) is 11.3 Å². The summed E-state index contributed by atoms with van der Waals surface area (Å²) in [5.41, 5.74) is 0.891. The average Bonchev–Trinajstić information content (AvgIpc) is 2.48. The topological polar surface area (TPSA) is 93.6 Å². The quantitative estimate of drug-likeness (QED) is 0.703. The van der Waals surface area contributed by atoms with Crippen LogP contribution in [-0.4, -0.2) is 4.98 Å². The van der Waals surface area contributed by atoms with Gasteiger partial charge in [0.2, 0.25) is 5.55 Å². The van der Waals surface area contributed by atoms with Crippen molar-refractivity contribution in [1.29, 1.82) is 10.7 Å². The second-order valence-corrected chi connectivity index (χ2v) is 5.76. The van der Waals surface area contributed by atoms with Crippen LogP contribution in [0.15, 0.2) is 33.5 Å². The number of aromatic amines is 1. The number of nitrogens with zero attached hydrogens (tertiary/aromatic N) is 1. The van der Waals surface area contributed by atoms with Crippen LogP contribution in [0.2, 0.25) is 10.0 Å². The van der Waals surface area contributed by atoms with Crippen LogP contribution in [0.5, 0.6) is 0 Å². The molecule has 114 valence electrons. The maximum absolute atomic E-state index is 12.4. The number of hydrogen-bond donors (Lipinski definition) is 2. The maximum atomic E-state index is 12.4. The van der Waals surface area contributed by atoms with Crippen molar-refractivity contribution in [2.75, 3.05) is 0 Å². The first-order valence-corrected chi connectivity index (χ1v) is 7.29. The van der Waals surface area contributed by atoms with Crippen molar-refractivity contribution in [3.63, 3.8) is 0 Å². The van der Waals surface area contributed by atoms with E-state index >= 15 is 0 Å². The monoisotopic (exact) mass is 345 g/mol. The minimum Gasteiger partial charge on any atom is -0.437 e. The Morgan fingerprint density at radius 3 is 2.65 bits per heavy atom. The lowest BCUT2D eigenvalue weighted by Crippen LogP contribution is -2.14. The summed E-state index contributed by atoms with van der Waals surface area (Å²) in [4.78, 5) is 15.1. The molecule has 5 nitrogen and oxygen atoms in total. The third kappa shape index (κ3) is 2.52. The molecule has 3 aromatic rings. The van der Waals surface area contributed by atoms with Gasteiger partial charge in [0.15, 0.2) is 0 Å². The number of nitriles is 1. The number of pyridine rings is 1. The lowest BCUT2D eigenvalue weighted by atomic mass is 9.98. The summed E-state index contributed by atoms with van der Waals surface area (Å²) in [5, 5.41) is 18.1. The van der Waals surface area contributed by atoms with E-state index in [1.54, 1.807) is 31.2 Å². The third-order valence-corrected chi connectivity index (χ3v) is 4.13. The first-order valence-electron chi connectivity index (χ1n) is 6.53.